The fourth-order valence-corrected chi connectivity index (χ4v) is 38.2. The van der Waals surface area contributed by atoms with Crippen LogP contribution in [0.3, 0.4) is 0 Å². The molecule has 0 fully saturated rings. The third kappa shape index (κ3) is 12.7. The minimum atomic E-state index is -1.73. The van der Waals surface area contributed by atoms with E-state index in [2.05, 4.69) is 204 Å². The van der Waals surface area contributed by atoms with Crippen LogP contribution in [0.25, 0.3) is 0 Å². The molecule has 0 aromatic carbocycles. The minimum absolute atomic E-state index is 0. The van der Waals surface area contributed by atoms with Crippen LogP contribution in [-0.4, -0.2) is 39.3 Å². The minimum Gasteiger partial charge on any atom is -1.00 e. The van der Waals surface area contributed by atoms with Crippen LogP contribution in [0.1, 0.15) is 81.1 Å². The first kappa shape index (κ1) is 55.6. The van der Waals surface area contributed by atoms with Crippen molar-refractivity contribution in [3.05, 3.63) is 93.4 Å². The van der Waals surface area contributed by atoms with Crippen molar-refractivity contribution in [2.75, 3.05) is 0 Å². The first-order valence-electron chi connectivity index (χ1n) is 18.3. The molecule has 4 aliphatic rings. The van der Waals surface area contributed by atoms with Gasteiger partial charge < -0.3 is 24.8 Å². The van der Waals surface area contributed by atoms with Gasteiger partial charge in [-0.05, 0) is 37.5 Å². The quantitative estimate of drug-likeness (QED) is 0.178. The first-order valence-corrected chi connectivity index (χ1v) is 34.4. The van der Waals surface area contributed by atoms with Crippen LogP contribution in [0.15, 0.2) is 81.3 Å². The van der Waals surface area contributed by atoms with Gasteiger partial charge in [-0.2, -0.15) is 34.6 Å². The number of hydrogen-bond acceptors (Lipinski definition) is 2. The molecule has 0 saturated heterocycles. The topological polar surface area (TPSA) is 0 Å². The molecular weight excluding hydrogens is 848 g/mol. The van der Waals surface area contributed by atoms with E-state index in [1.165, 1.54) is 34.4 Å². The third-order valence-corrected chi connectivity index (χ3v) is 32.1. The van der Waals surface area contributed by atoms with Crippen molar-refractivity contribution in [3.63, 3.8) is 0 Å². The van der Waals surface area contributed by atoms with Gasteiger partial charge in [-0.25, -0.2) is 22.5 Å². The maximum Gasteiger partial charge on any atom is 2.00 e. The van der Waals surface area contributed by atoms with E-state index in [1.54, 1.807) is 11.1 Å². The molecule has 0 heterocycles. The molecule has 4 rings (SSSR count). The van der Waals surface area contributed by atoms with Gasteiger partial charge in [0.05, 0.1) is 16.1 Å². The molecule has 10 heteroatoms. The van der Waals surface area contributed by atoms with E-state index in [0.29, 0.717) is 0 Å². The largest absolute Gasteiger partial charge is 2.00 e. The molecule has 2 atom stereocenters. The second-order valence-corrected chi connectivity index (χ2v) is 48.5. The van der Waals surface area contributed by atoms with Crippen LogP contribution in [-0.2, 0) is 43.4 Å². The fourth-order valence-electron chi connectivity index (χ4n) is 8.06. The van der Waals surface area contributed by atoms with Gasteiger partial charge >= 0.3 is 43.4 Å². The van der Waals surface area contributed by atoms with Gasteiger partial charge in [-0.3, -0.25) is 12.2 Å². The predicted molar refractivity (Wildman–Crippen MR) is 235 cm³/mol. The Kier molecular flexibility index (Phi) is 21.3. The van der Waals surface area contributed by atoms with Crippen molar-refractivity contribution in [3.8, 4) is 0 Å². The summed E-state index contributed by atoms with van der Waals surface area (Å²) in [5, 5.41) is 3.08. The van der Waals surface area contributed by atoms with Crippen LogP contribution < -0.4 is 24.8 Å². The molecule has 0 radical (unpaired) electrons. The molecule has 0 amide bonds. The van der Waals surface area contributed by atoms with Crippen LogP contribution >= 0.6 is 22.4 Å². The molecule has 288 valence electrons. The molecule has 0 bridgehead atoms. The average molecular weight is 918 g/mol. The van der Waals surface area contributed by atoms with E-state index >= 15 is 0 Å². The van der Waals surface area contributed by atoms with E-state index in [1.807, 2.05) is 0 Å². The van der Waals surface area contributed by atoms with Crippen molar-refractivity contribution < 1.29 is 68.2 Å². The van der Waals surface area contributed by atoms with Gasteiger partial charge in [0.2, 0.25) is 0 Å². The number of rotatable bonds is 8. The maximum absolute atomic E-state index is 3.71. The standard InChI is InChI=1S/2C21H35SSi2.2ClH.2Ti/c2*1-17-14-15-21(22-23(5,6)7,19(16-17)20(2,3)4)24(8,9)18-12-10-11-13-18;;;;/h2*10,12,14,16H,11,15H2,1-9H3;2*1H;;/q2*-1;;;2*+2/p-2. The van der Waals surface area contributed by atoms with E-state index < -0.39 is 30.6 Å². The van der Waals surface area contributed by atoms with Gasteiger partial charge in [0, 0.05) is 8.74 Å². The van der Waals surface area contributed by atoms with Crippen molar-refractivity contribution in [2.45, 2.75) is 155 Å². The molecule has 0 aliphatic heterocycles. The summed E-state index contributed by atoms with van der Waals surface area (Å²) < 4.78 is 0.512. The molecule has 0 aromatic rings. The molecular formula is C42H70Cl2S2Si4Ti2. The Bertz CT molecular complexity index is 1380. The molecule has 52 heavy (non-hydrogen) atoms. The molecule has 0 N–H and O–H groups in total. The summed E-state index contributed by atoms with van der Waals surface area (Å²) >= 11 is 4.70. The number of allylic oxidation sites excluding steroid dienone is 14. The van der Waals surface area contributed by atoms with E-state index in [0.717, 1.165) is 12.8 Å². The van der Waals surface area contributed by atoms with Crippen LogP contribution in [0.4, 0.5) is 0 Å². The molecule has 4 aliphatic carbocycles. The van der Waals surface area contributed by atoms with Gasteiger partial charge in [0.25, 0.3) is 0 Å². The molecule has 0 saturated carbocycles. The Balaban J connectivity index is 0. The van der Waals surface area contributed by atoms with Crippen molar-refractivity contribution in [1.29, 1.82) is 0 Å². The maximum atomic E-state index is 3.71. The van der Waals surface area contributed by atoms with Crippen molar-refractivity contribution >= 4 is 53.0 Å². The van der Waals surface area contributed by atoms with E-state index in [4.69, 9.17) is 0 Å². The Morgan fingerprint density at radius 2 is 0.846 bits per heavy atom. The summed E-state index contributed by atoms with van der Waals surface area (Å²) in [6.45, 7) is 44.4. The first-order chi connectivity index (χ1) is 21.6. The fraction of sp³-hybridized carbons (Fsp3) is 0.619. The van der Waals surface area contributed by atoms with Crippen molar-refractivity contribution in [1.82, 2.24) is 0 Å². The average Bonchev–Trinajstić information content (AvgIpc) is 3.64. The summed E-state index contributed by atoms with van der Waals surface area (Å²) in [6.07, 6.45) is 31.2. The monoisotopic (exact) mass is 916 g/mol. The smallest absolute Gasteiger partial charge is 1.00 e. The van der Waals surface area contributed by atoms with Crippen LogP contribution in [0.5, 0.6) is 0 Å². The van der Waals surface area contributed by atoms with Gasteiger partial charge in [-0.15, -0.1) is 12.8 Å². The van der Waals surface area contributed by atoms with Crippen LogP contribution in [0, 0.1) is 23.0 Å². The Labute approximate surface area is 377 Å². The van der Waals surface area contributed by atoms with Crippen molar-refractivity contribution in [2.24, 2.45) is 10.8 Å². The zero-order valence-corrected chi connectivity index (χ0v) is 46.3. The molecule has 0 spiro atoms. The Morgan fingerprint density at radius 3 is 1.06 bits per heavy atom. The second kappa shape index (κ2) is 20.0. The molecule has 2 unspecified atom stereocenters. The van der Waals surface area contributed by atoms with Gasteiger partial charge in [-0.1, -0.05) is 154 Å². The summed E-state index contributed by atoms with van der Waals surface area (Å²) in [6, 6.07) is 0. The predicted octanol–water partition coefficient (Wildman–Crippen LogP) is 8.19. The number of hydrogen-bond donors (Lipinski definition) is 0. The summed E-state index contributed by atoms with van der Waals surface area (Å²) in [4.78, 5) is 0. The second-order valence-electron chi connectivity index (χ2n) is 19.6. The van der Waals surface area contributed by atoms with Crippen LogP contribution in [0.2, 0.25) is 65.5 Å². The molecule has 0 nitrogen and oxygen atoms in total. The van der Waals surface area contributed by atoms with Gasteiger partial charge in [0.15, 0.2) is 0 Å². The van der Waals surface area contributed by atoms with E-state index in [9.17, 15) is 0 Å². The third-order valence-electron chi connectivity index (χ3n) is 10.4. The molecule has 0 aromatic heterocycles. The number of halogens is 2. The summed E-state index contributed by atoms with van der Waals surface area (Å²) in [7, 11) is -6.07. The summed E-state index contributed by atoms with van der Waals surface area (Å²) in [5.41, 5.74) is 6.64. The zero-order chi connectivity index (χ0) is 36.8. The van der Waals surface area contributed by atoms with Gasteiger partial charge in [0.1, 0.15) is 14.4 Å². The Hall–Kier alpha value is 1.50. The zero-order valence-electron chi connectivity index (χ0n) is 36.0. The van der Waals surface area contributed by atoms with E-state index in [-0.39, 0.29) is 87.8 Å². The Morgan fingerprint density at radius 1 is 0.558 bits per heavy atom. The summed E-state index contributed by atoms with van der Waals surface area (Å²) in [5.74, 6) is 0. The normalized spacial score (nSPS) is 23.5. The SMILES string of the molecule is CC1=CCC(S[Si](C)(C)C)([Si](C)(C)C2=[C-]CC=C2)C(C(C)(C)C)=C1.CC1=CCC(S[Si](C)(C)C)([Si](C)(C)C2=[C-]CC=C2)C(C(C)(C)C)=C1.[Cl-].[Cl-].[Ti+2].[Ti+2].